The normalized spacial score (nSPS) is 9.63. The average molecular weight is 407 g/mol. The minimum absolute atomic E-state index is 0.280. The van der Waals surface area contributed by atoms with Crippen molar-refractivity contribution in [3.63, 3.8) is 0 Å². The first-order valence-corrected chi connectivity index (χ1v) is 9.99. The number of aryl methyl sites for hydroxylation is 1. The van der Waals surface area contributed by atoms with Crippen LogP contribution in [-0.2, 0) is 6.61 Å². The summed E-state index contributed by atoms with van der Waals surface area (Å²) in [6.07, 6.45) is 0. The molecule has 0 bridgehead atoms. The molecule has 146 valence electrons. The Kier molecular flexibility index (Phi) is 9.98. The third-order valence-electron chi connectivity index (χ3n) is 3.65. The van der Waals surface area contributed by atoms with E-state index in [2.05, 4.69) is 10.3 Å². The monoisotopic (exact) mass is 406 g/mol. The maximum absolute atomic E-state index is 6.38. The first-order valence-electron chi connectivity index (χ1n) is 9.24. The molecule has 0 unspecified atom stereocenters. The molecule has 0 amide bonds. The van der Waals surface area contributed by atoms with Crippen molar-refractivity contribution in [2.45, 2.75) is 41.2 Å². The highest BCUT2D eigenvalue weighted by Gasteiger charge is 2.12. The molecule has 0 saturated heterocycles. The van der Waals surface area contributed by atoms with E-state index in [1.165, 1.54) is 0 Å². The van der Waals surface area contributed by atoms with Gasteiger partial charge in [0.1, 0.15) is 17.9 Å². The first kappa shape index (κ1) is 23.1. The van der Waals surface area contributed by atoms with Crippen molar-refractivity contribution < 1.29 is 4.74 Å². The maximum atomic E-state index is 6.38. The molecule has 5 heteroatoms. The molecule has 0 aliphatic rings. The second-order valence-electron chi connectivity index (χ2n) is 5.21. The van der Waals surface area contributed by atoms with E-state index in [0.29, 0.717) is 15.8 Å². The van der Waals surface area contributed by atoms with Gasteiger partial charge in [-0.05, 0) is 31.2 Å². The highest BCUT2D eigenvalue weighted by atomic mass is 35.5. The molecular formula is C22H28Cl2N2O. The van der Waals surface area contributed by atoms with Gasteiger partial charge in [0, 0.05) is 28.7 Å². The molecule has 3 aromatic rings. The molecule has 0 aliphatic carbocycles. The lowest BCUT2D eigenvalue weighted by atomic mass is 10.2. The van der Waals surface area contributed by atoms with Crippen LogP contribution in [0.25, 0.3) is 10.9 Å². The molecule has 3 nitrogen and oxygen atoms in total. The quantitative estimate of drug-likeness (QED) is 0.486. The van der Waals surface area contributed by atoms with E-state index in [1.54, 1.807) is 0 Å². The number of para-hydroxylation sites is 1. The Labute approximate surface area is 172 Å². The fourth-order valence-corrected chi connectivity index (χ4v) is 2.98. The van der Waals surface area contributed by atoms with E-state index in [1.807, 2.05) is 84.1 Å². The second kappa shape index (κ2) is 11.7. The third-order valence-corrected chi connectivity index (χ3v) is 4.44. The summed E-state index contributed by atoms with van der Waals surface area (Å²) >= 11 is 12.6. The van der Waals surface area contributed by atoms with E-state index in [-0.39, 0.29) is 6.61 Å². The predicted molar refractivity (Wildman–Crippen MR) is 120 cm³/mol. The number of hydrogen-bond acceptors (Lipinski definition) is 3. The lowest BCUT2D eigenvalue weighted by Gasteiger charge is -2.13. The summed E-state index contributed by atoms with van der Waals surface area (Å²) in [5.41, 5.74) is 3.36. The van der Waals surface area contributed by atoms with Crippen LogP contribution in [0.1, 0.15) is 39.0 Å². The minimum atomic E-state index is 0.280. The molecule has 3 rings (SSSR count). The topological polar surface area (TPSA) is 34.1 Å². The number of benzene rings is 2. The van der Waals surface area contributed by atoms with E-state index in [9.17, 15) is 0 Å². The first-order chi connectivity index (χ1) is 13.1. The number of hydrogen-bond donors (Lipinski definition) is 1. The standard InChI is InChI=1S/C18H16Cl2N2O.2C2H6/c1-11-6-7-12-4-3-5-16(18(12)22-11)23-10-13-14(19)8-9-15(21-2)17(13)20;2*1-2/h3-9,21H,10H2,1-2H3;2*1-2H3. The largest absolute Gasteiger partial charge is 0.487 e. The number of fused-ring (bicyclic) bond motifs is 1. The van der Waals surface area contributed by atoms with Crippen LogP contribution in [0.2, 0.25) is 10.0 Å². The van der Waals surface area contributed by atoms with Crippen LogP contribution in [0.3, 0.4) is 0 Å². The Bertz CT molecular complexity index is 866. The molecule has 0 aliphatic heterocycles. The molecule has 27 heavy (non-hydrogen) atoms. The molecule has 0 fully saturated rings. The minimum Gasteiger partial charge on any atom is -0.487 e. The van der Waals surface area contributed by atoms with Crippen LogP contribution in [-0.4, -0.2) is 12.0 Å². The SMILES string of the molecule is CC.CC.CNc1ccc(Cl)c(COc2cccc3ccc(C)nc23)c1Cl. The third kappa shape index (κ3) is 5.75. The van der Waals surface area contributed by atoms with Gasteiger partial charge in [0.2, 0.25) is 0 Å². The van der Waals surface area contributed by atoms with Gasteiger partial charge in [0.15, 0.2) is 0 Å². The van der Waals surface area contributed by atoms with Crippen molar-refractivity contribution >= 4 is 39.8 Å². The van der Waals surface area contributed by atoms with Gasteiger partial charge in [-0.3, -0.25) is 0 Å². The molecule has 1 heterocycles. The zero-order chi connectivity index (χ0) is 20.4. The summed E-state index contributed by atoms with van der Waals surface area (Å²) in [6.45, 7) is 10.2. The van der Waals surface area contributed by atoms with Gasteiger partial charge in [0.05, 0.1) is 10.7 Å². The fourth-order valence-electron chi connectivity index (χ4n) is 2.41. The van der Waals surface area contributed by atoms with Crippen molar-refractivity contribution in [2.24, 2.45) is 0 Å². The highest BCUT2D eigenvalue weighted by Crippen LogP contribution is 2.33. The number of ether oxygens (including phenoxy) is 1. The van der Waals surface area contributed by atoms with Crippen molar-refractivity contribution in [3.8, 4) is 5.75 Å². The second-order valence-corrected chi connectivity index (χ2v) is 5.99. The Morgan fingerprint density at radius 1 is 0.963 bits per heavy atom. The van der Waals surface area contributed by atoms with Crippen LogP contribution < -0.4 is 10.1 Å². The van der Waals surface area contributed by atoms with Gasteiger partial charge in [-0.2, -0.15) is 0 Å². The summed E-state index contributed by atoms with van der Waals surface area (Å²) in [5, 5.41) is 5.23. The maximum Gasteiger partial charge on any atom is 0.146 e. The number of nitrogens with one attached hydrogen (secondary N) is 1. The Morgan fingerprint density at radius 3 is 2.33 bits per heavy atom. The molecule has 1 aromatic heterocycles. The Hall–Kier alpha value is -1.97. The molecule has 2 aromatic carbocycles. The molecular weight excluding hydrogens is 379 g/mol. The van der Waals surface area contributed by atoms with Crippen molar-refractivity contribution in [3.05, 3.63) is 63.8 Å². The number of pyridine rings is 1. The number of nitrogens with zero attached hydrogens (tertiary/aromatic N) is 1. The summed E-state index contributed by atoms with van der Waals surface area (Å²) in [7, 11) is 1.82. The predicted octanol–water partition coefficient (Wildman–Crippen LogP) is 7.52. The van der Waals surface area contributed by atoms with E-state index in [4.69, 9.17) is 27.9 Å². The summed E-state index contributed by atoms with van der Waals surface area (Å²) in [4.78, 5) is 4.56. The van der Waals surface area contributed by atoms with E-state index in [0.717, 1.165) is 27.8 Å². The zero-order valence-electron chi connectivity index (χ0n) is 16.9. The number of aromatic nitrogens is 1. The lowest BCUT2D eigenvalue weighted by Crippen LogP contribution is -2.01. The lowest BCUT2D eigenvalue weighted by molar-refractivity contribution is 0.309. The van der Waals surface area contributed by atoms with Gasteiger partial charge in [-0.1, -0.05) is 69.1 Å². The smallest absolute Gasteiger partial charge is 0.146 e. The highest BCUT2D eigenvalue weighted by molar-refractivity contribution is 6.37. The molecule has 0 atom stereocenters. The average Bonchev–Trinajstić information content (AvgIpc) is 2.71. The fraction of sp³-hybridized carbons (Fsp3) is 0.318. The van der Waals surface area contributed by atoms with Crippen LogP contribution in [0.15, 0.2) is 42.5 Å². The van der Waals surface area contributed by atoms with Crippen LogP contribution >= 0.6 is 23.2 Å². The van der Waals surface area contributed by atoms with Crippen LogP contribution in [0.4, 0.5) is 5.69 Å². The number of rotatable bonds is 4. The van der Waals surface area contributed by atoms with Crippen LogP contribution in [0, 0.1) is 6.92 Å². The zero-order valence-corrected chi connectivity index (χ0v) is 18.4. The number of halogens is 2. The van der Waals surface area contributed by atoms with Gasteiger partial charge in [-0.25, -0.2) is 4.98 Å². The van der Waals surface area contributed by atoms with Crippen molar-refractivity contribution in [1.82, 2.24) is 4.98 Å². The number of anilines is 1. The van der Waals surface area contributed by atoms with Gasteiger partial charge < -0.3 is 10.1 Å². The van der Waals surface area contributed by atoms with Gasteiger partial charge in [-0.15, -0.1) is 0 Å². The van der Waals surface area contributed by atoms with E-state index >= 15 is 0 Å². The summed E-state index contributed by atoms with van der Waals surface area (Å²) in [6, 6.07) is 13.5. The Balaban J connectivity index is 0.000000855. The summed E-state index contributed by atoms with van der Waals surface area (Å²) < 4.78 is 5.96. The Morgan fingerprint density at radius 2 is 1.67 bits per heavy atom. The van der Waals surface area contributed by atoms with Crippen molar-refractivity contribution in [1.29, 1.82) is 0 Å². The van der Waals surface area contributed by atoms with Gasteiger partial charge >= 0.3 is 0 Å². The van der Waals surface area contributed by atoms with E-state index < -0.39 is 0 Å². The molecule has 1 N–H and O–H groups in total. The van der Waals surface area contributed by atoms with Gasteiger partial charge in [0.25, 0.3) is 0 Å². The van der Waals surface area contributed by atoms with Crippen LogP contribution in [0.5, 0.6) is 5.75 Å². The van der Waals surface area contributed by atoms with Crippen molar-refractivity contribution in [2.75, 3.05) is 12.4 Å². The molecule has 0 spiro atoms. The molecule has 0 saturated carbocycles. The molecule has 0 radical (unpaired) electrons. The summed E-state index contributed by atoms with van der Waals surface area (Å²) in [5.74, 6) is 0.716.